The van der Waals surface area contributed by atoms with Crippen molar-refractivity contribution in [3.05, 3.63) is 0 Å². The molecule has 24 heteroatoms. The summed E-state index contributed by atoms with van der Waals surface area (Å²) in [5.41, 5.74) is 0. The van der Waals surface area contributed by atoms with E-state index in [4.69, 9.17) is 0 Å². The zero-order chi connectivity index (χ0) is 45.1. The van der Waals surface area contributed by atoms with Gasteiger partial charge in [0.2, 0.25) is 47.3 Å². The van der Waals surface area contributed by atoms with Gasteiger partial charge in [-0.15, -0.1) is 0 Å². The van der Waals surface area contributed by atoms with Crippen LogP contribution in [0.2, 0.25) is 0 Å². The monoisotopic (exact) mass is 861 g/mol. The number of aliphatic carboxylic acids is 2. The van der Waals surface area contributed by atoms with E-state index in [-0.39, 0.29) is 17.6 Å². The molecular weight excluding hydrogens is 803 g/mol. The summed E-state index contributed by atoms with van der Waals surface area (Å²) in [6.07, 6.45) is -2.18. The number of rotatable bonds is 25. The van der Waals surface area contributed by atoms with Gasteiger partial charge >= 0.3 is 11.9 Å². The maximum absolute atomic E-state index is 13.2. The molecule has 0 radical (unpaired) electrons. The smallest absolute Gasteiger partial charge is 0.328 e. The van der Waals surface area contributed by atoms with Crippen molar-refractivity contribution >= 4 is 71.8 Å². The van der Waals surface area contributed by atoms with Crippen molar-refractivity contribution in [2.75, 3.05) is 25.4 Å². The van der Waals surface area contributed by atoms with E-state index in [2.05, 4.69) is 60.5 Å². The third-order valence-corrected chi connectivity index (χ3v) is 9.60. The third kappa shape index (κ3) is 17.8. The van der Waals surface area contributed by atoms with Crippen LogP contribution >= 0.6 is 12.6 Å². The van der Waals surface area contributed by atoms with Crippen LogP contribution in [0.25, 0.3) is 0 Å². The molecule has 13 N–H and O–H groups in total. The SMILES string of the molecule is CC[C@H](C)[C@H](NC(=O)[C@@H]1CCCN1)C(=O)N[C@@H](CS)C(=O)NCC(=O)N[C@H](C(=O)N[C@@H](CC(=O)O)C(=O)NCC(=O)N[C@H](C(=O)N[C@H](C(=O)O)[C@@H](C)O)C(C)C)[C@@H](C)O. The van der Waals surface area contributed by atoms with E-state index in [1.54, 1.807) is 6.92 Å². The molecule has 0 aromatic carbocycles. The fourth-order valence-corrected chi connectivity index (χ4v) is 5.82. The lowest BCUT2D eigenvalue weighted by Crippen LogP contribution is -2.60. The van der Waals surface area contributed by atoms with Gasteiger partial charge in [0, 0.05) is 5.75 Å². The van der Waals surface area contributed by atoms with Crippen LogP contribution in [-0.4, -0.2) is 160 Å². The first kappa shape index (κ1) is 51.9. The Labute approximate surface area is 346 Å². The van der Waals surface area contributed by atoms with Crippen LogP contribution in [-0.2, 0) is 47.9 Å². The Kier molecular flexibility index (Phi) is 22.4. The van der Waals surface area contributed by atoms with Crippen LogP contribution in [0.5, 0.6) is 0 Å². The number of hydrogen-bond donors (Lipinski definition) is 14. The average Bonchev–Trinajstić information content (AvgIpc) is 3.71. The summed E-state index contributed by atoms with van der Waals surface area (Å²) >= 11 is 4.12. The van der Waals surface area contributed by atoms with Gasteiger partial charge in [-0.1, -0.05) is 34.1 Å². The van der Waals surface area contributed by atoms with Crippen molar-refractivity contribution in [3.8, 4) is 0 Å². The average molecular weight is 862 g/mol. The van der Waals surface area contributed by atoms with E-state index in [1.807, 2.05) is 6.92 Å². The number of carboxylic acid groups (broad SMARTS) is 2. The van der Waals surface area contributed by atoms with Crippen LogP contribution in [0.4, 0.5) is 0 Å². The molecule has 59 heavy (non-hydrogen) atoms. The highest BCUT2D eigenvalue weighted by Gasteiger charge is 2.35. The van der Waals surface area contributed by atoms with Crippen LogP contribution in [0.15, 0.2) is 0 Å². The molecule has 23 nitrogen and oxygen atoms in total. The number of nitrogens with one attached hydrogen (secondary N) is 9. The van der Waals surface area contributed by atoms with Gasteiger partial charge < -0.3 is 68.3 Å². The summed E-state index contributed by atoms with van der Waals surface area (Å²) in [4.78, 5) is 126. The molecule has 1 fully saturated rings. The van der Waals surface area contributed by atoms with Crippen molar-refractivity contribution in [1.29, 1.82) is 0 Å². The molecule has 1 saturated heterocycles. The van der Waals surface area contributed by atoms with Crippen LogP contribution in [0, 0.1) is 11.8 Å². The van der Waals surface area contributed by atoms with Crippen molar-refractivity contribution in [1.82, 2.24) is 47.9 Å². The highest BCUT2D eigenvalue weighted by atomic mass is 32.1. The zero-order valence-electron chi connectivity index (χ0n) is 33.8. The molecule has 0 aromatic heterocycles. The lowest BCUT2D eigenvalue weighted by atomic mass is 9.97. The van der Waals surface area contributed by atoms with Gasteiger partial charge in [0.25, 0.3) is 0 Å². The molecule has 0 saturated carbocycles. The Morgan fingerprint density at radius 2 is 1.14 bits per heavy atom. The second kappa shape index (κ2) is 25.4. The maximum atomic E-state index is 13.2. The number of carboxylic acids is 2. The normalized spacial score (nSPS) is 18.2. The van der Waals surface area contributed by atoms with E-state index < -0.39 is 133 Å². The van der Waals surface area contributed by atoms with Crippen molar-refractivity contribution < 1.29 is 68.4 Å². The first-order valence-electron chi connectivity index (χ1n) is 19.0. The molecule has 1 heterocycles. The molecule has 10 atom stereocenters. The number of carbonyl (C=O) groups is 10. The summed E-state index contributed by atoms with van der Waals surface area (Å²) in [7, 11) is 0. The minimum Gasteiger partial charge on any atom is -0.481 e. The summed E-state index contributed by atoms with van der Waals surface area (Å²) in [5.74, 6) is -11.4. The first-order chi connectivity index (χ1) is 27.5. The topological polar surface area (TPSA) is 360 Å². The second-order valence-corrected chi connectivity index (χ2v) is 14.9. The number of thiol groups is 1. The Balaban J connectivity index is 2.89. The quantitative estimate of drug-likeness (QED) is 0.0382. The molecule has 0 bridgehead atoms. The molecule has 0 aliphatic carbocycles. The summed E-state index contributed by atoms with van der Waals surface area (Å²) in [6, 6.07) is -9.33. The van der Waals surface area contributed by atoms with Gasteiger partial charge in [-0.3, -0.25) is 43.2 Å². The Hall–Kier alpha value is -5.07. The predicted molar refractivity (Wildman–Crippen MR) is 210 cm³/mol. The zero-order valence-corrected chi connectivity index (χ0v) is 34.7. The Morgan fingerprint density at radius 1 is 0.644 bits per heavy atom. The van der Waals surface area contributed by atoms with Crippen LogP contribution in [0.1, 0.15) is 67.2 Å². The standard InChI is InChI=1S/C35H59N9O14S/c1-7-16(4)26(43-31(53)19-9-8-10-36-19)33(55)40-21(14-59)30(52)38-13-23(48)42-27(17(5)45)34(56)39-20(11-24(49)50)29(51)37-12-22(47)41-25(15(2)3)32(54)44-28(18(6)46)35(57)58/h15-21,25-28,36,45-46,59H,7-14H2,1-6H3,(H,37,51)(H,38,52)(H,39,56)(H,40,55)(H,41,47)(H,42,48)(H,43,53)(H,44,54)(H,49,50)(H,57,58)/t16-,17+,18+,19-,20-,21-,25-,26-,27-,28-/m0/s1. The highest BCUT2D eigenvalue weighted by molar-refractivity contribution is 7.80. The Bertz CT molecular complexity index is 1530. The number of carbonyl (C=O) groups excluding carboxylic acids is 8. The molecule has 334 valence electrons. The van der Waals surface area contributed by atoms with E-state index in [9.17, 15) is 68.4 Å². The van der Waals surface area contributed by atoms with E-state index in [0.717, 1.165) is 20.3 Å². The van der Waals surface area contributed by atoms with Crippen molar-refractivity contribution in [2.45, 2.75) is 122 Å². The number of aliphatic hydroxyl groups excluding tert-OH is 2. The Morgan fingerprint density at radius 3 is 1.58 bits per heavy atom. The van der Waals surface area contributed by atoms with E-state index >= 15 is 0 Å². The van der Waals surface area contributed by atoms with Gasteiger partial charge in [0.15, 0.2) is 6.04 Å². The summed E-state index contributed by atoms with van der Waals surface area (Å²) < 4.78 is 0. The van der Waals surface area contributed by atoms with E-state index in [1.165, 1.54) is 13.8 Å². The van der Waals surface area contributed by atoms with Crippen LogP contribution in [0.3, 0.4) is 0 Å². The molecule has 1 rings (SSSR count). The minimum absolute atomic E-state index is 0.206. The minimum atomic E-state index is -1.85. The van der Waals surface area contributed by atoms with Crippen molar-refractivity contribution in [2.24, 2.45) is 11.8 Å². The predicted octanol–water partition coefficient (Wildman–Crippen LogP) is -5.17. The molecular formula is C35H59N9O14S. The van der Waals surface area contributed by atoms with Gasteiger partial charge in [-0.05, 0) is 45.1 Å². The van der Waals surface area contributed by atoms with Crippen LogP contribution < -0.4 is 47.9 Å². The maximum Gasteiger partial charge on any atom is 0.328 e. The fourth-order valence-electron chi connectivity index (χ4n) is 5.57. The lowest BCUT2D eigenvalue weighted by molar-refractivity contribution is -0.145. The molecule has 1 aliphatic rings. The van der Waals surface area contributed by atoms with Gasteiger partial charge in [-0.25, -0.2) is 4.79 Å². The molecule has 1 aliphatic heterocycles. The fraction of sp³-hybridized carbons (Fsp3) is 0.714. The second-order valence-electron chi connectivity index (χ2n) is 14.5. The van der Waals surface area contributed by atoms with Gasteiger partial charge in [-0.2, -0.15) is 12.6 Å². The first-order valence-corrected chi connectivity index (χ1v) is 19.7. The molecule has 8 amide bonds. The lowest BCUT2D eigenvalue weighted by Gasteiger charge is -2.27. The number of aliphatic hydroxyl groups is 2. The molecule has 0 unspecified atom stereocenters. The largest absolute Gasteiger partial charge is 0.481 e. The third-order valence-electron chi connectivity index (χ3n) is 9.24. The molecule has 0 aromatic rings. The summed E-state index contributed by atoms with van der Waals surface area (Å²) in [6.45, 7) is 7.92. The number of amides is 8. The van der Waals surface area contributed by atoms with Crippen molar-refractivity contribution in [3.63, 3.8) is 0 Å². The summed E-state index contributed by atoms with van der Waals surface area (Å²) in [5, 5.41) is 59.9. The number of hydrogen-bond acceptors (Lipinski definition) is 14. The molecule has 0 spiro atoms. The van der Waals surface area contributed by atoms with E-state index in [0.29, 0.717) is 19.4 Å². The van der Waals surface area contributed by atoms with Gasteiger partial charge in [0.1, 0.15) is 30.2 Å². The van der Waals surface area contributed by atoms with Gasteiger partial charge in [0.05, 0.1) is 37.8 Å². The highest BCUT2D eigenvalue weighted by Crippen LogP contribution is 2.12.